The minimum absolute atomic E-state index is 0.233. The zero-order valence-corrected chi connectivity index (χ0v) is 13.6. The summed E-state index contributed by atoms with van der Waals surface area (Å²) < 4.78 is 30.3. The third-order valence-electron chi connectivity index (χ3n) is 3.20. The van der Waals surface area contributed by atoms with Crippen LogP contribution in [0.3, 0.4) is 0 Å². The second kappa shape index (κ2) is 5.98. The van der Waals surface area contributed by atoms with Gasteiger partial charge in [-0.25, -0.2) is 13.1 Å². The summed E-state index contributed by atoms with van der Waals surface area (Å²) in [6.45, 7) is 6.67. The van der Waals surface area contributed by atoms with Gasteiger partial charge in [0.05, 0.1) is 11.4 Å². The predicted octanol–water partition coefficient (Wildman–Crippen LogP) is 0.910. The number of hydrogen-bond donors (Lipinski definition) is 1. The Balaban J connectivity index is 1.91. The minimum atomic E-state index is -3.49. The number of nitrogens with one attached hydrogen (secondary N) is 1. The lowest BCUT2D eigenvalue weighted by Crippen LogP contribution is -2.26. The molecular weight excluding hydrogens is 290 g/mol. The molecule has 0 unspecified atom stereocenters. The molecule has 2 rings (SSSR count). The molecule has 0 saturated carbocycles. The molecule has 2 heterocycles. The molecule has 0 aliphatic heterocycles. The van der Waals surface area contributed by atoms with E-state index in [1.807, 2.05) is 24.6 Å². The molecular formula is C13H21N5O2S. The van der Waals surface area contributed by atoms with Gasteiger partial charge in [-0.05, 0) is 33.3 Å². The van der Waals surface area contributed by atoms with Crippen LogP contribution in [0.5, 0.6) is 0 Å². The van der Waals surface area contributed by atoms with Crippen LogP contribution < -0.4 is 4.72 Å². The Bertz CT molecular complexity index is 730. The monoisotopic (exact) mass is 311 g/mol. The highest BCUT2D eigenvalue weighted by Gasteiger charge is 2.18. The molecule has 21 heavy (non-hydrogen) atoms. The van der Waals surface area contributed by atoms with Gasteiger partial charge in [0.15, 0.2) is 0 Å². The van der Waals surface area contributed by atoms with Crippen LogP contribution in [0.15, 0.2) is 17.2 Å². The quantitative estimate of drug-likeness (QED) is 0.804. The summed E-state index contributed by atoms with van der Waals surface area (Å²) in [4.78, 5) is 0.233. The van der Waals surface area contributed by atoms with Crippen molar-refractivity contribution in [3.05, 3.63) is 29.3 Å². The average molecular weight is 311 g/mol. The van der Waals surface area contributed by atoms with Gasteiger partial charge in [-0.1, -0.05) is 0 Å². The van der Waals surface area contributed by atoms with Crippen LogP contribution in [0.2, 0.25) is 0 Å². The number of hydrogen-bond acceptors (Lipinski definition) is 4. The predicted molar refractivity (Wildman–Crippen MR) is 79.5 cm³/mol. The standard InChI is InChI=1S/C13H21N5O2S/c1-10-8-11(2)18(15-10)7-5-6-14-21(19,20)13-9-17(4)16-12(13)3/h8-9,14H,5-7H2,1-4H3. The van der Waals surface area contributed by atoms with Gasteiger partial charge in [0.2, 0.25) is 10.0 Å². The van der Waals surface area contributed by atoms with Crippen LogP contribution in [0, 0.1) is 20.8 Å². The van der Waals surface area contributed by atoms with Crippen molar-refractivity contribution in [1.29, 1.82) is 0 Å². The first-order valence-corrected chi connectivity index (χ1v) is 8.29. The maximum atomic E-state index is 12.2. The number of sulfonamides is 1. The molecule has 0 amide bonds. The van der Waals surface area contributed by atoms with Gasteiger partial charge in [0.1, 0.15) is 4.90 Å². The van der Waals surface area contributed by atoms with Crippen molar-refractivity contribution in [3.8, 4) is 0 Å². The van der Waals surface area contributed by atoms with E-state index in [0.717, 1.165) is 11.4 Å². The molecule has 0 aliphatic rings. The SMILES string of the molecule is Cc1cc(C)n(CCCNS(=O)(=O)c2cn(C)nc2C)n1. The smallest absolute Gasteiger partial charge is 0.243 e. The molecule has 116 valence electrons. The lowest BCUT2D eigenvalue weighted by Gasteiger charge is -2.07. The van der Waals surface area contributed by atoms with Gasteiger partial charge in [-0.15, -0.1) is 0 Å². The Labute approximate surface area is 125 Å². The fraction of sp³-hybridized carbons (Fsp3) is 0.538. The molecule has 0 aromatic carbocycles. The van der Waals surface area contributed by atoms with Crippen molar-refractivity contribution in [2.24, 2.45) is 7.05 Å². The normalized spacial score (nSPS) is 12.0. The molecule has 7 nitrogen and oxygen atoms in total. The maximum absolute atomic E-state index is 12.2. The summed E-state index contributed by atoms with van der Waals surface area (Å²) in [6, 6.07) is 2.00. The van der Waals surface area contributed by atoms with Crippen LogP contribution in [0.1, 0.15) is 23.5 Å². The van der Waals surface area contributed by atoms with E-state index in [-0.39, 0.29) is 4.90 Å². The van der Waals surface area contributed by atoms with Gasteiger partial charge in [-0.3, -0.25) is 9.36 Å². The number of rotatable bonds is 6. The lowest BCUT2D eigenvalue weighted by molar-refractivity contribution is 0.544. The summed E-state index contributed by atoms with van der Waals surface area (Å²) in [5.41, 5.74) is 2.56. The summed E-state index contributed by atoms with van der Waals surface area (Å²) in [5.74, 6) is 0. The van der Waals surface area contributed by atoms with E-state index in [4.69, 9.17) is 0 Å². The zero-order valence-electron chi connectivity index (χ0n) is 12.8. The Morgan fingerprint density at radius 2 is 1.95 bits per heavy atom. The highest BCUT2D eigenvalue weighted by Crippen LogP contribution is 2.12. The Hall–Kier alpha value is -1.67. The average Bonchev–Trinajstić information content (AvgIpc) is 2.87. The number of aromatic nitrogens is 4. The third-order valence-corrected chi connectivity index (χ3v) is 4.76. The number of nitrogens with zero attached hydrogens (tertiary/aromatic N) is 4. The molecule has 1 N–H and O–H groups in total. The first-order valence-electron chi connectivity index (χ1n) is 6.80. The molecule has 0 atom stereocenters. The largest absolute Gasteiger partial charge is 0.274 e. The van der Waals surface area contributed by atoms with E-state index in [1.165, 1.54) is 10.9 Å². The molecule has 0 saturated heterocycles. The fourth-order valence-corrected chi connectivity index (χ4v) is 3.55. The topological polar surface area (TPSA) is 81.8 Å². The molecule has 8 heteroatoms. The van der Waals surface area contributed by atoms with Gasteiger partial charge in [0, 0.05) is 32.0 Å². The van der Waals surface area contributed by atoms with E-state index in [0.29, 0.717) is 25.2 Å². The van der Waals surface area contributed by atoms with Crippen molar-refractivity contribution in [2.45, 2.75) is 38.6 Å². The second-order valence-corrected chi connectivity index (χ2v) is 6.89. The first kappa shape index (κ1) is 15.7. The molecule has 2 aromatic heterocycles. The molecule has 2 aromatic rings. The van der Waals surface area contributed by atoms with E-state index in [1.54, 1.807) is 14.0 Å². The molecule has 0 radical (unpaired) electrons. The van der Waals surface area contributed by atoms with Crippen molar-refractivity contribution >= 4 is 10.0 Å². The van der Waals surface area contributed by atoms with Crippen molar-refractivity contribution in [3.63, 3.8) is 0 Å². The van der Waals surface area contributed by atoms with Crippen LogP contribution in [-0.2, 0) is 23.6 Å². The Kier molecular flexibility index (Phi) is 4.48. The van der Waals surface area contributed by atoms with Gasteiger partial charge < -0.3 is 0 Å². The highest BCUT2D eigenvalue weighted by atomic mass is 32.2. The van der Waals surface area contributed by atoms with Crippen LogP contribution >= 0.6 is 0 Å². The summed E-state index contributed by atoms with van der Waals surface area (Å²) in [7, 11) is -1.79. The zero-order chi connectivity index (χ0) is 15.6. The summed E-state index contributed by atoms with van der Waals surface area (Å²) in [5, 5.41) is 8.40. The van der Waals surface area contributed by atoms with Crippen molar-refractivity contribution in [2.75, 3.05) is 6.54 Å². The van der Waals surface area contributed by atoms with Crippen LogP contribution in [0.25, 0.3) is 0 Å². The second-order valence-electron chi connectivity index (χ2n) is 5.15. The first-order chi connectivity index (χ1) is 9.79. The Morgan fingerprint density at radius 1 is 1.24 bits per heavy atom. The highest BCUT2D eigenvalue weighted by molar-refractivity contribution is 7.89. The van der Waals surface area contributed by atoms with Crippen molar-refractivity contribution in [1.82, 2.24) is 24.3 Å². The van der Waals surface area contributed by atoms with E-state index in [2.05, 4.69) is 14.9 Å². The van der Waals surface area contributed by atoms with Gasteiger partial charge >= 0.3 is 0 Å². The van der Waals surface area contributed by atoms with Crippen molar-refractivity contribution < 1.29 is 8.42 Å². The maximum Gasteiger partial charge on any atom is 0.243 e. The van der Waals surface area contributed by atoms with Gasteiger partial charge in [0.25, 0.3) is 0 Å². The third kappa shape index (κ3) is 3.70. The van der Waals surface area contributed by atoms with Gasteiger partial charge in [-0.2, -0.15) is 10.2 Å². The summed E-state index contributed by atoms with van der Waals surface area (Å²) in [6.07, 6.45) is 2.19. The minimum Gasteiger partial charge on any atom is -0.274 e. The molecule has 0 aliphatic carbocycles. The van der Waals surface area contributed by atoms with E-state index < -0.39 is 10.0 Å². The van der Waals surface area contributed by atoms with E-state index in [9.17, 15) is 8.42 Å². The van der Waals surface area contributed by atoms with Crippen LogP contribution in [-0.4, -0.2) is 34.5 Å². The van der Waals surface area contributed by atoms with Crippen LogP contribution in [0.4, 0.5) is 0 Å². The molecule has 0 fully saturated rings. The molecule has 0 spiro atoms. The summed E-state index contributed by atoms with van der Waals surface area (Å²) >= 11 is 0. The Morgan fingerprint density at radius 3 is 2.48 bits per heavy atom. The van der Waals surface area contributed by atoms with E-state index >= 15 is 0 Å². The fourth-order valence-electron chi connectivity index (χ4n) is 2.26. The number of aryl methyl sites for hydroxylation is 5. The lowest BCUT2D eigenvalue weighted by atomic mass is 10.4. The molecule has 0 bridgehead atoms.